The summed E-state index contributed by atoms with van der Waals surface area (Å²) in [4.78, 5) is 6.76. The van der Waals surface area contributed by atoms with E-state index in [1.54, 1.807) is 0 Å². The van der Waals surface area contributed by atoms with Gasteiger partial charge in [-0.05, 0) is 30.3 Å². The highest BCUT2D eigenvalue weighted by atomic mass is 32.2. The molecule has 0 aliphatic carbocycles. The predicted octanol–water partition coefficient (Wildman–Crippen LogP) is 3.65. The maximum Gasteiger partial charge on any atom is 0.416 e. The fraction of sp³-hybridized carbons (Fsp3) is 0.133. The maximum absolute atomic E-state index is 12.8. The topological polar surface area (TPSA) is 62.8 Å². The molecule has 4 nitrogen and oxygen atoms in total. The largest absolute Gasteiger partial charge is 0.416 e. The first-order valence-corrected chi connectivity index (χ1v) is 8.40. The predicted molar refractivity (Wildman–Crippen MR) is 79.6 cm³/mol. The van der Waals surface area contributed by atoms with E-state index in [-0.39, 0.29) is 4.90 Å². The Bertz CT molecular complexity index is 991. The van der Waals surface area contributed by atoms with E-state index in [1.807, 2.05) is 0 Å². The summed E-state index contributed by atoms with van der Waals surface area (Å²) in [5.74, 6) is 0. The quantitative estimate of drug-likeness (QED) is 0.774. The summed E-state index contributed by atoms with van der Waals surface area (Å²) in [6.07, 6.45) is -0.730. The Morgan fingerprint density at radius 2 is 1.87 bits per heavy atom. The van der Waals surface area contributed by atoms with E-state index in [2.05, 4.69) is 9.97 Å². The molecule has 0 aliphatic heterocycles. The number of halogens is 3. The van der Waals surface area contributed by atoms with Crippen molar-refractivity contribution in [3.63, 3.8) is 0 Å². The number of alkyl halides is 3. The molecule has 1 N–H and O–H groups in total. The van der Waals surface area contributed by atoms with Crippen LogP contribution in [0, 0.1) is 0 Å². The number of nitrogens with one attached hydrogen (secondary N) is 1. The van der Waals surface area contributed by atoms with Gasteiger partial charge in [0.25, 0.3) is 0 Å². The second-order valence-corrected chi connectivity index (χ2v) is 7.11. The van der Waals surface area contributed by atoms with Crippen molar-refractivity contribution in [1.29, 1.82) is 0 Å². The van der Waals surface area contributed by atoms with Gasteiger partial charge in [0.05, 0.1) is 10.5 Å². The number of benzene rings is 1. The smallest absolute Gasteiger partial charge is 0.354 e. The Balaban J connectivity index is 2.20. The van der Waals surface area contributed by atoms with Crippen LogP contribution in [0.5, 0.6) is 0 Å². The summed E-state index contributed by atoms with van der Waals surface area (Å²) in [6.45, 7) is 0. The molecular formula is C15H11F3N2O2S. The molecule has 0 amide bonds. The zero-order chi connectivity index (χ0) is 16.8. The highest BCUT2D eigenvalue weighted by molar-refractivity contribution is 7.90. The minimum atomic E-state index is -4.43. The second-order valence-electron chi connectivity index (χ2n) is 5.13. The van der Waals surface area contributed by atoms with E-state index in [0.29, 0.717) is 22.2 Å². The highest BCUT2D eigenvalue weighted by Gasteiger charge is 2.30. The lowest BCUT2D eigenvalue weighted by Gasteiger charge is -2.05. The average Bonchev–Trinajstić information content (AvgIpc) is 2.88. The molecule has 0 saturated carbocycles. The lowest BCUT2D eigenvalue weighted by atomic mass is 10.1. The standard InChI is InChI=1S/C15H11F3N2O2S/c1-23(21,22)14-8-19-5-4-11(14)13-7-9-6-10(15(16,17)18)2-3-12(9)20-13/h2-8,20H,1H3. The first-order chi connectivity index (χ1) is 10.7. The minimum absolute atomic E-state index is 0.0163. The first-order valence-electron chi connectivity index (χ1n) is 6.51. The normalized spacial score (nSPS) is 12.7. The summed E-state index contributed by atoms with van der Waals surface area (Å²) < 4.78 is 62.0. The maximum atomic E-state index is 12.8. The summed E-state index contributed by atoms with van der Waals surface area (Å²) in [6, 6.07) is 6.33. The molecule has 0 fully saturated rings. The number of pyridine rings is 1. The van der Waals surface area contributed by atoms with Gasteiger partial charge in [-0.25, -0.2) is 8.42 Å². The summed E-state index contributed by atoms with van der Waals surface area (Å²) >= 11 is 0. The fourth-order valence-corrected chi connectivity index (χ4v) is 3.18. The number of rotatable bonds is 2. The zero-order valence-electron chi connectivity index (χ0n) is 11.8. The molecule has 8 heteroatoms. The zero-order valence-corrected chi connectivity index (χ0v) is 12.7. The van der Waals surface area contributed by atoms with Gasteiger partial charge in [-0.15, -0.1) is 0 Å². The monoisotopic (exact) mass is 340 g/mol. The lowest BCUT2D eigenvalue weighted by molar-refractivity contribution is -0.137. The Morgan fingerprint density at radius 1 is 1.13 bits per heavy atom. The van der Waals surface area contributed by atoms with Crippen molar-refractivity contribution in [2.45, 2.75) is 11.1 Å². The third-order valence-corrected chi connectivity index (χ3v) is 4.55. The van der Waals surface area contributed by atoms with Gasteiger partial charge in [-0.2, -0.15) is 13.2 Å². The van der Waals surface area contributed by atoms with E-state index in [9.17, 15) is 21.6 Å². The Labute approximate surface area is 129 Å². The molecule has 0 radical (unpaired) electrons. The molecule has 1 aromatic carbocycles. The number of aromatic nitrogens is 2. The number of sulfone groups is 1. The van der Waals surface area contributed by atoms with E-state index in [1.165, 1.54) is 30.6 Å². The third-order valence-electron chi connectivity index (χ3n) is 3.42. The number of fused-ring (bicyclic) bond motifs is 1. The summed E-state index contributed by atoms with van der Waals surface area (Å²) in [5.41, 5.74) is 0.521. The Morgan fingerprint density at radius 3 is 2.52 bits per heavy atom. The van der Waals surface area contributed by atoms with Crippen molar-refractivity contribution in [1.82, 2.24) is 9.97 Å². The molecule has 3 rings (SSSR count). The van der Waals surface area contributed by atoms with Gasteiger partial charge in [-0.3, -0.25) is 4.98 Å². The van der Waals surface area contributed by atoms with Crippen molar-refractivity contribution < 1.29 is 21.6 Å². The second kappa shape index (κ2) is 5.09. The first kappa shape index (κ1) is 15.5. The fourth-order valence-electron chi connectivity index (χ4n) is 2.35. The van der Waals surface area contributed by atoms with Crippen LogP contribution in [0.4, 0.5) is 13.2 Å². The molecule has 0 atom stereocenters. The van der Waals surface area contributed by atoms with Crippen LogP contribution in [0.3, 0.4) is 0 Å². The number of H-pyrrole nitrogens is 1. The van der Waals surface area contributed by atoms with Crippen molar-refractivity contribution in [3.8, 4) is 11.3 Å². The van der Waals surface area contributed by atoms with Gasteiger partial charge in [0.2, 0.25) is 0 Å². The minimum Gasteiger partial charge on any atom is -0.354 e. The van der Waals surface area contributed by atoms with E-state index < -0.39 is 21.6 Å². The van der Waals surface area contributed by atoms with Gasteiger partial charge >= 0.3 is 6.18 Å². The van der Waals surface area contributed by atoms with Crippen LogP contribution in [0.15, 0.2) is 47.6 Å². The molecular weight excluding hydrogens is 329 g/mol. The van der Waals surface area contributed by atoms with Gasteiger partial charge in [0.15, 0.2) is 9.84 Å². The SMILES string of the molecule is CS(=O)(=O)c1cnccc1-c1cc2cc(C(F)(F)F)ccc2[nH]1. The van der Waals surface area contributed by atoms with E-state index in [4.69, 9.17) is 0 Å². The van der Waals surface area contributed by atoms with Crippen LogP contribution in [0.1, 0.15) is 5.56 Å². The Hall–Kier alpha value is -2.35. The molecule has 0 unspecified atom stereocenters. The molecule has 23 heavy (non-hydrogen) atoms. The van der Waals surface area contributed by atoms with Crippen LogP contribution < -0.4 is 0 Å². The number of aromatic amines is 1. The number of hydrogen-bond donors (Lipinski definition) is 1. The lowest BCUT2D eigenvalue weighted by Crippen LogP contribution is -2.03. The molecule has 3 aromatic rings. The van der Waals surface area contributed by atoms with Gasteiger partial charge in [0, 0.05) is 40.8 Å². The van der Waals surface area contributed by atoms with Crippen molar-refractivity contribution in [3.05, 3.63) is 48.3 Å². The molecule has 0 aliphatic rings. The van der Waals surface area contributed by atoms with E-state index in [0.717, 1.165) is 18.4 Å². The number of nitrogens with zero attached hydrogens (tertiary/aromatic N) is 1. The Kier molecular flexibility index (Phi) is 3.44. The molecule has 0 bridgehead atoms. The summed E-state index contributed by atoms with van der Waals surface area (Å²) in [5, 5.41) is 0.353. The molecule has 0 spiro atoms. The summed E-state index contributed by atoms with van der Waals surface area (Å²) in [7, 11) is -3.51. The van der Waals surface area contributed by atoms with Crippen LogP contribution in [-0.2, 0) is 16.0 Å². The molecule has 0 saturated heterocycles. The van der Waals surface area contributed by atoms with Gasteiger partial charge in [-0.1, -0.05) is 0 Å². The number of hydrogen-bond acceptors (Lipinski definition) is 3. The van der Waals surface area contributed by atoms with Gasteiger partial charge < -0.3 is 4.98 Å². The average molecular weight is 340 g/mol. The molecule has 120 valence electrons. The molecule has 2 heterocycles. The highest BCUT2D eigenvalue weighted by Crippen LogP contribution is 2.34. The van der Waals surface area contributed by atoms with Crippen molar-refractivity contribution in [2.24, 2.45) is 0 Å². The van der Waals surface area contributed by atoms with E-state index >= 15 is 0 Å². The third kappa shape index (κ3) is 2.94. The van der Waals surface area contributed by atoms with Crippen LogP contribution >= 0.6 is 0 Å². The van der Waals surface area contributed by atoms with Crippen LogP contribution in [0.2, 0.25) is 0 Å². The molecule has 2 aromatic heterocycles. The van der Waals surface area contributed by atoms with Crippen LogP contribution in [-0.4, -0.2) is 24.6 Å². The van der Waals surface area contributed by atoms with Crippen LogP contribution in [0.25, 0.3) is 22.2 Å². The van der Waals surface area contributed by atoms with Gasteiger partial charge in [0.1, 0.15) is 0 Å². The van der Waals surface area contributed by atoms with Crippen molar-refractivity contribution in [2.75, 3.05) is 6.26 Å². The van der Waals surface area contributed by atoms with Crippen molar-refractivity contribution >= 4 is 20.7 Å².